The van der Waals surface area contributed by atoms with E-state index in [4.69, 9.17) is 5.11 Å². The molecule has 0 aliphatic carbocycles. The van der Waals surface area contributed by atoms with E-state index < -0.39 is 17.9 Å². The van der Waals surface area contributed by atoms with E-state index in [0.717, 1.165) is 0 Å². The molecule has 0 spiro atoms. The Morgan fingerprint density at radius 2 is 2.06 bits per heavy atom. The summed E-state index contributed by atoms with van der Waals surface area (Å²) in [4.78, 5) is 22.3. The second kappa shape index (κ2) is 4.57. The van der Waals surface area contributed by atoms with Crippen molar-refractivity contribution < 1.29 is 14.7 Å². The number of nitrogens with one attached hydrogen (secondary N) is 1. The van der Waals surface area contributed by atoms with Gasteiger partial charge in [0.15, 0.2) is 0 Å². The fourth-order valence-corrected chi connectivity index (χ4v) is 1.15. The van der Waals surface area contributed by atoms with Gasteiger partial charge < -0.3 is 10.4 Å². The molecule has 0 fully saturated rings. The third-order valence-corrected chi connectivity index (χ3v) is 2.25. The van der Waals surface area contributed by atoms with Crippen LogP contribution in [-0.2, 0) is 10.3 Å². The lowest BCUT2D eigenvalue weighted by atomic mass is 10.1. The molecule has 1 amide bonds. The van der Waals surface area contributed by atoms with Crippen molar-refractivity contribution >= 4 is 11.9 Å². The van der Waals surface area contributed by atoms with Crippen LogP contribution in [0, 0.1) is 0 Å². The molecule has 94 valence electrons. The monoisotopic (exact) mass is 239 g/mol. The Bertz CT molecular complexity index is 431. The molecule has 0 bridgehead atoms. The lowest BCUT2D eigenvalue weighted by Gasteiger charge is -2.18. The summed E-state index contributed by atoms with van der Waals surface area (Å²) >= 11 is 0. The first-order valence-electron chi connectivity index (χ1n) is 5.30. The van der Waals surface area contributed by atoms with Crippen molar-refractivity contribution in [3.63, 3.8) is 0 Å². The van der Waals surface area contributed by atoms with Crippen LogP contribution in [0.1, 0.15) is 38.1 Å². The lowest BCUT2D eigenvalue weighted by molar-refractivity contribution is -0.138. The fraction of sp³-hybridized carbons (Fsp3) is 0.545. The Kier molecular flexibility index (Phi) is 3.55. The standard InChI is InChI=1S/C11H17N3O3/c1-7(10(16)17)13-9(15)8-5-12-14(6-8)11(2,3)4/h5-7H,1-4H3,(H,13,15)(H,16,17). The molecule has 2 N–H and O–H groups in total. The normalized spacial score (nSPS) is 13.2. The zero-order chi connectivity index (χ0) is 13.2. The van der Waals surface area contributed by atoms with Crippen LogP contribution in [0.2, 0.25) is 0 Å². The van der Waals surface area contributed by atoms with Crippen molar-refractivity contribution in [2.24, 2.45) is 0 Å². The number of carbonyl (C=O) groups excluding carboxylic acids is 1. The molecular formula is C11H17N3O3. The molecule has 6 heteroatoms. The molecule has 0 aliphatic rings. The number of carboxylic acids is 1. The first kappa shape index (κ1) is 13.2. The summed E-state index contributed by atoms with van der Waals surface area (Å²) < 4.78 is 1.66. The highest BCUT2D eigenvalue weighted by molar-refractivity contribution is 5.96. The molecule has 1 heterocycles. The predicted molar refractivity (Wildman–Crippen MR) is 61.8 cm³/mol. The minimum absolute atomic E-state index is 0.211. The summed E-state index contributed by atoms with van der Waals surface area (Å²) in [5.41, 5.74) is 0.143. The van der Waals surface area contributed by atoms with Crippen LogP contribution in [0.3, 0.4) is 0 Å². The maximum Gasteiger partial charge on any atom is 0.325 e. The number of aliphatic carboxylic acids is 1. The molecule has 0 aliphatic heterocycles. The van der Waals surface area contributed by atoms with Gasteiger partial charge in [-0.3, -0.25) is 14.3 Å². The molecule has 1 aromatic heterocycles. The Morgan fingerprint density at radius 1 is 1.47 bits per heavy atom. The molecule has 1 aromatic rings. The molecule has 1 atom stereocenters. The highest BCUT2D eigenvalue weighted by Gasteiger charge is 2.19. The number of hydrogen-bond donors (Lipinski definition) is 2. The molecule has 6 nitrogen and oxygen atoms in total. The van der Waals surface area contributed by atoms with Crippen molar-refractivity contribution in [1.29, 1.82) is 0 Å². The summed E-state index contributed by atoms with van der Waals surface area (Å²) in [6, 6.07) is -0.916. The first-order valence-corrected chi connectivity index (χ1v) is 5.30. The molecule has 1 rings (SSSR count). The van der Waals surface area contributed by atoms with Crippen LogP contribution >= 0.6 is 0 Å². The van der Waals surface area contributed by atoms with Crippen LogP contribution in [-0.4, -0.2) is 32.8 Å². The largest absolute Gasteiger partial charge is 0.480 e. The number of amides is 1. The third-order valence-electron chi connectivity index (χ3n) is 2.25. The van der Waals surface area contributed by atoms with E-state index in [1.807, 2.05) is 20.8 Å². The van der Waals surface area contributed by atoms with E-state index in [9.17, 15) is 9.59 Å². The van der Waals surface area contributed by atoms with Crippen molar-refractivity contribution in [2.75, 3.05) is 0 Å². The molecular weight excluding hydrogens is 222 g/mol. The van der Waals surface area contributed by atoms with Crippen LogP contribution in [0.25, 0.3) is 0 Å². The lowest BCUT2D eigenvalue weighted by Crippen LogP contribution is -2.38. The Morgan fingerprint density at radius 3 is 2.47 bits per heavy atom. The molecule has 1 unspecified atom stereocenters. The predicted octanol–water partition coefficient (Wildman–Crippen LogP) is 0.841. The van der Waals surface area contributed by atoms with Gasteiger partial charge in [-0.15, -0.1) is 0 Å². The highest BCUT2D eigenvalue weighted by Crippen LogP contribution is 2.13. The fourth-order valence-electron chi connectivity index (χ4n) is 1.15. The summed E-state index contributed by atoms with van der Waals surface area (Å²) in [5, 5.41) is 15.1. The van der Waals surface area contributed by atoms with Gasteiger partial charge in [-0.25, -0.2) is 0 Å². The summed E-state index contributed by atoms with van der Waals surface area (Å²) in [7, 11) is 0. The smallest absolute Gasteiger partial charge is 0.325 e. The van der Waals surface area contributed by atoms with Crippen molar-refractivity contribution in [3.05, 3.63) is 18.0 Å². The highest BCUT2D eigenvalue weighted by atomic mass is 16.4. The van der Waals surface area contributed by atoms with Gasteiger partial charge in [0, 0.05) is 6.20 Å². The second-order valence-corrected chi connectivity index (χ2v) is 4.88. The van der Waals surface area contributed by atoms with E-state index in [0.29, 0.717) is 5.56 Å². The first-order chi connectivity index (χ1) is 7.71. The van der Waals surface area contributed by atoms with Gasteiger partial charge in [0.1, 0.15) is 6.04 Å². The van der Waals surface area contributed by atoms with E-state index in [-0.39, 0.29) is 5.54 Å². The van der Waals surface area contributed by atoms with Crippen LogP contribution in [0.15, 0.2) is 12.4 Å². The summed E-state index contributed by atoms with van der Waals surface area (Å²) in [6.45, 7) is 7.29. The van der Waals surface area contributed by atoms with Crippen molar-refractivity contribution in [3.8, 4) is 0 Å². The maximum absolute atomic E-state index is 11.7. The third kappa shape index (κ3) is 3.30. The molecule has 17 heavy (non-hydrogen) atoms. The van der Waals surface area contributed by atoms with Crippen molar-refractivity contribution in [2.45, 2.75) is 39.3 Å². The Labute approximate surface area is 99.6 Å². The van der Waals surface area contributed by atoms with Crippen LogP contribution in [0.4, 0.5) is 0 Å². The average Bonchev–Trinajstić information content (AvgIpc) is 2.65. The van der Waals surface area contributed by atoms with Gasteiger partial charge in [-0.2, -0.15) is 5.10 Å². The topological polar surface area (TPSA) is 84.2 Å². The maximum atomic E-state index is 11.7. The Hall–Kier alpha value is -1.85. The van der Waals surface area contributed by atoms with E-state index in [1.54, 1.807) is 10.9 Å². The molecule has 0 radical (unpaired) electrons. The number of carboxylic acid groups (broad SMARTS) is 1. The van der Waals surface area contributed by atoms with Gasteiger partial charge in [-0.1, -0.05) is 0 Å². The molecule has 0 saturated carbocycles. The second-order valence-electron chi connectivity index (χ2n) is 4.88. The number of nitrogens with zero attached hydrogens (tertiary/aromatic N) is 2. The van der Waals surface area contributed by atoms with Gasteiger partial charge in [0.2, 0.25) is 0 Å². The number of rotatable bonds is 3. The summed E-state index contributed by atoms with van der Waals surface area (Å²) in [6.07, 6.45) is 3.03. The number of carbonyl (C=O) groups is 2. The van der Waals surface area contributed by atoms with Crippen LogP contribution in [0.5, 0.6) is 0 Å². The minimum Gasteiger partial charge on any atom is -0.480 e. The molecule has 0 saturated heterocycles. The van der Waals surface area contributed by atoms with Crippen molar-refractivity contribution in [1.82, 2.24) is 15.1 Å². The van der Waals surface area contributed by atoms with Gasteiger partial charge in [0.05, 0.1) is 17.3 Å². The molecule has 0 aromatic carbocycles. The summed E-state index contributed by atoms with van der Waals surface area (Å²) in [5.74, 6) is -1.50. The van der Waals surface area contributed by atoms with E-state index in [1.165, 1.54) is 13.1 Å². The zero-order valence-corrected chi connectivity index (χ0v) is 10.4. The number of hydrogen-bond acceptors (Lipinski definition) is 3. The quantitative estimate of drug-likeness (QED) is 0.818. The van der Waals surface area contributed by atoms with Gasteiger partial charge >= 0.3 is 5.97 Å². The van der Waals surface area contributed by atoms with Gasteiger partial charge in [-0.05, 0) is 27.7 Å². The zero-order valence-electron chi connectivity index (χ0n) is 10.4. The number of aromatic nitrogens is 2. The van der Waals surface area contributed by atoms with Crippen LogP contribution < -0.4 is 5.32 Å². The van der Waals surface area contributed by atoms with E-state index >= 15 is 0 Å². The minimum atomic E-state index is -1.07. The Balaban J connectivity index is 2.78. The van der Waals surface area contributed by atoms with E-state index in [2.05, 4.69) is 10.4 Å². The average molecular weight is 239 g/mol. The van der Waals surface area contributed by atoms with Gasteiger partial charge in [0.25, 0.3) is 5.91 Å². The SMILES string of the molecule is CC(NC(=O)c1cnn(C(C)(C)C)c1)C(=O)O.